The van der Waals surface area contributed by atoms with E-state index in [1.54, 1.807) is 0 Å². The maximum atomic E-state index is 14.5. The molecule has 4 aromatic carbocycles. The van der Waals surface area contributed by atoms with Crippen LogP contribution in [0.1, 0.15) is 30.0 Å². The molecule has 0 spiro atoms. The third-order valence-corrected chi connectivity index (χ3v) is 8.50. The minimum Gasteiger partial charge on any atom is -0.377 e. The van der Waals surface area contributed by atoms with Crippen molar-refractivity contribution >= 4 is 23.7 Å². The monoisotopic (exact) mass is 483 g/mol. The lowest BCUT2D eigenvalue weighted by molar-refractivity contribution is -0.121. The van der Waals surface area contributed by atoms with Crippen LogP contribution in [0, 0.1) is 0 Å². The smallest absolute Gasteiger partial charge is 0.205 e. The second kappa shape index (κ2) is 12.4. The van der Waals surface area contributed by atoms with Crippen molar-refractivity contribution in [1.29, 1.82) is 0 Å². The highest BCUT2D eigenvalue weighted by molar-refractivity contribution is 7.77. The normalized spacial score (nSPS) is 12.2. The third kappa shape index (κ3) is 6.64. The lowest BCUT2D eigenvalue weighted by Gasteiger charge is -2.26. The minimum absolute atomic E-state index is 0.00778. The molecule has 0 aromatic heterocycles. The molecule has 0 saturated carbocycles. The summed E-state index contributed by atoms with van der Waals surface area (Å²) in [6, 6.07) is 37.5. The number of ether oxygens (including phenoxy) is 1. The van der Waals surface area contributed by atoms with Gasteiger partial charge in [0.05, 0.1) is 12.6 Å². The van der Waals surface area contributed by atoms with E-state index < -0.39 is 13.3 Å². The van der Waals surface area contributed by atoms with Crippen LogP contribution in [-0.4, -0.2) is 12.4 Å². The van der Waals surface area contributed by atoms with Gasteiger partial charge >= 0.3 is 0 Å². The number of rotatable bonds is 12. The zero-order valence-corrected chi connectivity index (χ0v) is 20.5. The molecule has 0 aliphatic carbocycles. The zero-order valence-electron chi connectivity index (χ0n) is 19.6. The van der Waals surface area contributed by atoms with Crippen molar-refractivity contribution in [2.75, 3.05) is 6.61 Å². The van der Waals surface area contributed by atoms with Gasteiger partial charge < -0.3 is 4.74 Å². The van der Waals surface area contributed by atoms with E-state index in [0.29, 0.717) is 36.7 Å². The second-order valence-electron chi connectivity index (χ2n) is 8.36. The van der Waals surface area contributed by atoms with Gasteiger partial charge in [0.2, 0.25) is 7.29 Å². The van der Waals surface area contributed by atoms with Crippen LogP contribution in [0.15, 0.2) is 121 Å². The molecule has 178 valence electrons. The summed E-state index contributed by atoms with van der Waals surface area (Å²) in [6.45, 7) is 1.00. The van der Waals surface area contributed by atoms with E-state index in [2.05, 4.69) is 5.09 Å². The van der Waals surface area contributed by atoms with Crippen LogP contribution in [0.5, 0.6) is 0 Å². The number of hydrogen-bond acceptors (Lipinski definition) is 3. The molecule has 0 saturated heterocycles. The molecule has 0 bridgehead atoms. The number of nitrogens with one attached hydrogen (secondary N) is 1. The highest BCUT2D eigenvalue weighted by Crippen LogP contribution is 2.42. The molecular formula is C30H30NO3P. The Morgan fingerprint density at radius 3 is 1.74 bits per heavy atom. The fourth-order valence-electron chi connectivity index (χ4n) is 3.99. The standard InChI is InChI=1S/C30H30NO3P/c32-29(22-13-23-34-24-25-14-5-1-6-15-25)30(26-16-7-2-8-17-26)31-35(33,27-18-9-3-10-19-27)28-20-11-4-12-21-28/h1-12,14-21,30H,13,22-24H2,(H,31,33). The van der Waals surface area contributed by atoms with Gasteiger partial charge in [0.15, 0.2) is 5.78 Å². The van der Waals surface area contributed by atoms with Crippen molar-refractivity contribution < 1.29 is 14.1 Å². The number of carbonyl (C=O) groups is 1. The predicted molar refractivity (Wildman–Crippen MR) is 142 cm³/mol. The first-order chi connectivity index (χ1) is 17.2. The first-order valence-corrected chi connectivity index (χ1v) is 13.6. The van der Waals surface area contributed by atoms with Gasteiger partial charge in [-0.15, -0.1) is 0 Å². The number of carbonyl (C=O) groups excluding carboxylic acids is 1. The van der Waals surface area contributed by atoms with Gasteiger partial charge in [-0.2, -0.15) is 0 Å². The molecule has 0 aliphatic rings. The van der Waals surface area contributed by atoms with E-state index in [9.17, 15) is 9.36 Å². The molecule has 0 radical (unpaired) electrons. The van der Waals surface area contributed by atoms with E-state index >= 15 is 0 Å². The number of hydrogen-bond donors (Lipinski definition) is 1. The lowest BCUT2D eigenvalue weighted by atomic mass is 10.0. The van der Waals surface area contributed by atoms with Crippen LogP contribution < -0.4 is 15.7 Å². The predicted octanol–water partition coefficient (Wildman–Crippen LogP) is 5.81. The minimum atomic E-state index is -3.29. The van der Waals surface area contributed by atoms with Gasteiger partial charge in [0.25, 0.3) is 0 Å². The summed E-state index contributed by atoms with van der Waals surface area (Å²) in [5.41, 5.74) is 1.91. The molecule has 35 heavy (non-hydrogen) atoms. The van der Waals surface area contributed by atoms with Gasteiger partial charge in [-0.3, -0.25) is 9.36 Å². The van der Waals surface area contributed by atoms with E-state index in [-0.39, 0.29) is 5.78 Å². The lowest BCUT2D eigenvalue weighted by Crippen LogP contribution is -2.34. The highest BCUT2D eigenvalue weighted by atomic mass is 31.2. The summed E-state index contributed by atoms with van der Waals surface area (Å²) in [5.74, 6) is -0.00778. The zero-order chi connectivity index (χ0) is 24.3. The summed E-state index contributed by atoms with van der Waals surface area (Å²) >= 11 is 0. The summed E-state index contributed by atoms with van der Waals surface area (Å²) < 4.78 is 20.3. The SMILES string of the molecule is O=C(CCCOCc1ccccc1)C(NP(=O)(c1ccccc1)c1ccccc1)c1ccccc1. The molecule has 0 heterocycles. The van der Waals surface area contributed by atoms with Gasteiger partial charge in [-0.25, -0.2) is 5.09 Å². The summed E-state index contributed by atoms with van der Waals surface area (Å²) in [6.07, 6.45) is 0.919. The van der Waals surface area contributed by atoms with Gasteiger partial charge in [-0.1, -0.05) is 97.1 Å². The van der Waals surface area contributed by atoms with Crippen LogP contribution in [-0.2, 0) is 20.7 Å². The number of benzene rings is 4. The van der Waals surface area contributed by atoms with Gasteiger partial charge in [0.1, 0.15) is 0 Å². The Kier molecular flexibility index (Phi) is 8.80. The maximum Gasteiger partial charge on any atom is 0.205 e. The summed E-state index contributed by atoms with van der Waals surface area (Å²) in [5, 5.41) is 4.66. The second-order valence-corrected chi connectivity index (χ2v) is 10.9. The topological polar surface area (TPSA) is 55.4 Å². The largest absolute Gasteiger partial charge is 0.377 e. The van der Waals surface area contributed by atoms with E-state index in [1.165, 1.54) is 0 Å². The van der Waals surface area contributed by atoms with E-state index in [1.807, 2.05) is 121 Å². The Balaban J connectivity index is 1.52. The molecule has 4 nitrogen and oxygen atoms in total. The molecule has 0 aliphatic heterocycles. The van der Waals surface area contributed by atoms with E-state index in [0.717, 1.165) is 11.1 Å². The Hall–Kier alpha value is -3.30. The molecular weight excluding hydrogens is 453 g/mol. The molecule has 5 heteroatoms. The van der Waals surface area contributed by atoms with E-state index in [4.69, 9.17) is 4.74 Å². The van der Waals surface area contributed by atoms with Crippen molar-refractivity contribution in [3.05, 3.63) is 132 Å². The van der Waals surface area contributed by atoms with Crippen molar-refractivity contribution in [2.24, 2.45) is 0 Å². The molecule has 1 N–H and O–H groups in total. The molecule has 1 atom stereocenters. The molecule has 4 rings (SSSR count). The highest BCUT2D eigenvalue weighted by Gasteiger charge is 2.33. The molecule has 0 fully saturated rings. The third-order valence-electron chi connectivity index (χ3n) is 5.83. The Bertz CT molecular complexity index is 1190. The Morgan fingerprint density at radius 2 is 1.20 bits per heavy atom. The van der Waals surface area contributed by atoms with Crippen LogP contribution in [0.4, 0.5) is 0 Å². The molecule has 1 unspecified atom stereocenters. The maximum absolute atomic E-state index is 14.5. The number of Topliss-reactive ketones (excluding diaryl/α,β-unsaturated/α-hetero) is 1. The van der Waals surface area contributed by atoms with Crippen LogP contribution in [0.25, 0.3) is 0 Å². The average Bonchev–Trinajstić information content (AvgIpc) is 2.93. The van der Waals surface area contributed by atoms with Crippen LogP contribution in [0.3, 0.4) is 0 Å². The van der Waals surface area contributed by atoms with Crippen LogP contribution in [0.2, 0.25) is 0 Å². The first kappa shape index (κ1) is 24.8. The Labute approximate surface area is 207 Å². The first-order valence-electron chi connectivity index (χ1n) is 11.9. The van der Waals surface area contributed by atoms with Gasteiger partial charge in [0, 0.05) is 23.6 Å². The summed E-state index contributed by atoms with van der Waals surface area (Å²) in [4.78, 5) is 13.5. The fourth-order valence-corrected chi connectivity index (χ4v) is 6.43. The Morgan fingerprint density at radius 1 is 0.714 bits per heavy atom. The quantitative estimate of drug-likeness (QED) is 0.204. The van der Waals surface area contributed by atoms with Crippen molar-refractivity contribution in [1.82, 2.24) is 5.09 Å². The van der Waals surface area contributed by atoms with Crippen molar-refractivity contribution in [2.45, 2.75) is 25.5 Å². The molecule has 4 aromatic rings. The fraction of sp³-hybridized carbons (Fsp3) is 0.167. The molecule has 0 amide bonds. The van der Waals surface area contributed by atoms with Crippen molar-refractivity contribution in [3.63, 3.8) is 0 Å². The van der Waals surface area contributed by atoms with Gasteiger partial charge in [-0.05, 0) is 41.8 Å². The average molecular weight is 484 g/mol. The van der Waals surface area contributed by atoms with Crippen molar-refractivity contribution in [3.8, 4) is 0 Å². The van der Waals surface area contributed by atoms with Crippen LogP contribution >= 0.6 is 7.29 Å². The summed E-state index contributed by atoms with van der Waals surface area (Å²) in [7, 11) is -3.29. The number of ketones is 1.